The molecule has 0 bridgehead atoms. The molecule has 1 fully saturated rings. The molecule has 0 saturated carbocycles. The topological polar surface area (TPSA) is 36.7 Å². The molecule has 0 radical (unpaired) electrons. The predicted octanol–water partition coefficient (Wildman–Crippen LogP) is 2.89. The summed E-state index contributed by atoms with van der Waals surface area (Å²) in [6, 6.07) is 9.63. The number of carbonyl (C=O) groups is 1. The standard InChI is InChI=1S/C16H17ClN2O2/c17-15-3-1-13(2-4-15)11-18-6-8-19(9-7-18)16(20)14-5-10-21-12-14/h1-5,10,12H,6-9,11H2. The molecule has 0 atom stereocenters. The third-order valence-electron chi connectivity index (χ3n) is 3.75. The van der Waals surface area contributed by atoms with Gasteiger partial charge in [0.05, 0.1) is 11.8 Å². The lowest BCUT2D eigenvalue weighted by atomic mass is 10.2. The molecule has 4 nitrogen and oxygen atoms in total. The summed E-state index contributed by atoms with van der Waals surface area (Å²) in [6.45, 7) is 4.15. The van der Waals surface area contributed by atoms with Crippen molar-refractivity contribution in [1.82, 2.24) is 9.80 Å². The minimum absolute atomic E-state index is 0.0508. The summed E-state index contributed by atoms with van der Waals surface area (Å²) in [4.78, 5) is 16.4. The number of benzene rings is 1. The first-order valence-electron chi connectivity index (χ1n) is 7.00. The highest BCUT2D eigenvalue weighted by atomic mass is 35.5. The lowest BCUT2D eigenvalue weighted by molar-refractivity contribution is 0.0628. The van der Waals surface area contributed by atoms with Gasteiger partial charge in [-0.3, -0.25) is 9.69 Å². The van der Waals surface area contributed by atoms with Crippen LogP contribution in [-0.2, 0) is 6.54 Å². The monoisotopic (exact) mass is 304 g/mol. The van der Waals surface area contributed by atoms with E-state index < -0.39 is 0 Å². The van der Waals surface area contributed by atoms with Gasteiger partial charge in [-0.25, -0.2) is 0 Å². The smallest absolute Gasteiger partial charge is 0.257 e. The first-order valence-corrected chi connectivity index (χ1v) is 7.38. The first-order chi connectivity index (χ1) is 10.2. The SMILES string of the molecule is O=C(c1ccoc1)N1CCN(Cc2ccc(Cl)cc2)CC1. The molecule has 110 valence electrons. The van der Waals surface area contributed by atoms with E-state index in [9.17, 15) is 4.79 Å². The summed E-state index contributed by atoms with van der Waals surface area (Å²) >= 11 is 5.89. The maximum Gasteiger partial charge on any atom is 0.257 e. The Labute approximate surface area is 128 Å². The number of piperazine rings is 1. The Morgan fingerprint density at radius 2 is 1.81 bits per heavy atom. The van der Waals surface area contributed by atoms with Gasteiger partial charge in [0.15, 0.2) is 0 Å². The quantitative estimate of drug-likeness (QED) is 0.875. The molecule has 1 amide bonds. The second kappa shape index (κ2) is 6.33. The van der Waals surface area contributed by atoms with Crippen LogP contribution >= 0.6 is 11.6 Å². The number of amides is 1. The van der Waals surface area contributed by atoms with E-state index in [4.69, 9.17) is 16.0 Å². The lowest BCUT2D eigenvalue weighted by Crippen LogP contribution is -2.48. The van der Waals surface area contributed by atoms with Gasteiger partial charge in [0, 0.05) is 37.7 Å². The zero-order valence-corrected chi connectivity index (χ0v) is 12.4. The summed E-state index contributed by atoms with van der Waals surface area (Å²) in [5.74, 6) is 0.0508. The van der Waals surface area contributed by atoms with Crippen LogP contribution in [0.1, 0.15) is 15.9 Å². The van der Waals surface area contributed by atoms with Gasteiger partial charge in [-0.2, -0.15) is 0 Å². The molecule has 1 saturated heterocycles. The van der Waals surface area contributed by atoms with Crippen LogP contribution in [0.3, 0.4) is 0 Å². The summed E-state index contributed by atoms with van der Waals surface area (Å²) < 4.78 is 4.97. The molecule has 1 aromatic heterocycles. The van der Waals surface area contributed by atoms with Crippen LogP contribution in [0.2, 0.25) is 5.02 Å². The Morgan fingerprint density at radius 1 is 1.10 bits per heavy atom. The van der Waals surface area contributed by atoms with Crippen LogP contribution in [0.5, 0.6) is 0 Å². The van der Waals surface area contributed by atoms with Crippen LogP contribution in [0, 0.1) is 0 Å². The molecule has 3 rings (SSSR count). The number of hydrogen-bond donors (Lipinski definition) is 0. The molecule has 21 heavy (non-hydrogen) atoms. The Morgan fingerprint density at radius 3 is 2.43 bits per heavy atom. The maximum atomic E-state index is 12.2. The normalized spacial score (nSPS) is 16.1. The van der Waals surface area contributed by atoms with Crippen molar-refractivity contribution in [2.45, 2.75) is 6.54 Å². The second-order valence-electron chi connectivity index (χ2n) is 5.21. The number of rotatable bonds is 3. The van der Waals surface area contributed by atoms with Crippen molar-refractivity contribution in [2.75, 3.05) is 26.2 Å². The van der Waals surface area contributed by atoms with E-state index in [0.717, 1.165) is 37.7 Å². The number of nitrogens with zero attached hydrogens (tertiary/aromatic N) is 2. The molecule has 5 heteroatoms. The molecule has 1 aliphatic heterocycles. The van der Waals surface area contributed by atoms with E-state index in [1.807, 2.05) is 29.2 Å². The Balaban J connectivity index is 1.53. The second-order valence-corrected chi connectivity index (χ2v) is 5.64. The van der Waals surface area contributed by atoms with Gasteiger partial charge in [0.1, 0.15) is 6.26 Å². The van der Waals surface area contributed by atoms with E-state index in [2.05, 4.69) is 4.90 Å². The molecule has 1 aliphatic rings. The van der Waals surface area contributed by atoms with Crippen LogP contribution in [0.25, 0.3) is 0 Å². The van der Waals surface area contributed by atoms with Crippen molar-refractivity contribution in [1.29, 1.82) is 0 Å². The maximum absolute atomic E-state index is 12.2. The van der Waals surface area contributed by atoms with Gasteiger partial charge in [0.2, 0.25) is 0 Å². The van der Waals surface area contributed by atoms with Gasteiger partial charge >= 0.3 is 0 Å². The number of carbonyl (C=O) groups excluding carboxylic acids is 1. The minimum atomic E-state index is 0.0508. The van der Waals surface area contributed by atoms with Crippen LogP contribution < -0.4 is 0 Å². The Bertz CT molecular complexity index is 587. The zero-order valence-electron chi connectivity index (χ0n) is 11.7. The largest absolute Gasteiger partial charge is 0.472 e. The molecule has 0 spiro atoms. The van der Waals surface area contributed by atoms with Gasteiger partial charge < -0.3 is 9.32 Å². The summed E-state index contributed by atoms with van der Waals surface area (Å²) in [5, 5.41) is 0.759. The van der Waals surface area contributed by atoms with E-state index in [1.54, 1.807) is 6.07 Å². The molecule has 0 aliphatic carbocycles. The van der Waals surface area contributed by atoms with Gasteiger partial charge in [0.25, 0.3) is 5.91 Å². The van der Waals surface area contributed by atoms with Gasteiger partial charge in [-0.05, 0) is 23.8 Å². The highest BCUT2D eigenvalue weighted by Crippen LogP contribution is 2.14. The first kappa shape index (κ1) is 14.2. The summed E-state index contributed by atoms with van der Waals surface area (Å²) in [6.07, 6.45) is 3.03. The van der Waals surface area contributed by atoms with Crippen molar-refractivity contribution in [2.24, 2.45) is 0 Å². The highest BCUT2D eigenvalue weighted by Gasteiger charge is 2.22. The molecule has 2 aromatic rings. The van der Waals surface area contributed by atoms with Crippen molar-refractivity contribution in [3.8, 4) is 0 Å². The molecular formula is C16H17ClN2O2. The van der Waals surface area contributed by atoms with Crippen LogP contribution in [0.15, 0.2) is 47.3 Å². The van der Waals surface area contributed by atoms with E-state index in [0.29, 0.717) is 5.56 Å². The fourth-order valence-corrected chi connectivity index (χ4v) is 2.65. The summed E-state index contributed by atoms with van der Waals surface area (Å²) in [5.41, 5.74) is 1.87. The molecular weight excluding hydrogens is 288 g/mol. The average molecular weight is 305 g/mol. The van der Waals surface area contributed by atoms with Gasteiger partial charge in [-0.1, -0.05) is 23.7 Å². The third kappa shape index (κ3) is 3.46. The Hall–Kier alpha value is -1.78. The van der Waals surface area contributed by atoms with Crippen molar-refractivity contribution in [3.05, 3.63) is 59.0 Å². The van der Waals surface area contributed by atoms with Gasteiger partial charge in [-0.15, -0.1) is 0 Å². The summed E-state index contributed by atoms with van der Waals surface area (Å²) in [7, 11) is 0. The van der Waals surface area contributed by atoms with Crippen molar-refractivity contribution in [3.63, 3.8) is 0 Å². The highest BCUT2D eigenvalue weighted by molar-refractivity contribution is 6.30. The lowest BCUT2D eigenvalue weighted by Gasteiger charge is -2.34. The third-order valence-corrected chi connectivity index (χ3v) is 4.00. The Kier molecular flexibility index (Phi) is 4.27. The molecule has 1 aromatic carbocycles. The molecule has 0 unspecified atom stereocenters. The molecule has 2 heterocycles. The van der Waals surface area contributed by atoms with E-state index in [-0.39, 0.29) is 5.91 Å². The van der Waals surface area contributed by atoms with E-state index >= 15 is 0 Å². The minimum Gasteiger partial charge on any atom is -0.472 e. The average Bonchev–Trinajstić information content (AvgIpc) is 3.04. The fraction of sp³-hybridized carbons (Fsp3) is 0.312. The van der Waals surface area contributed by atoms with Crippen molar-refractivity contribution < 1.29 is 9.21 Å². The number of halogens is 1. The van der Waals surface area contributed by atoms with Crippen LogP contribution in [0.4, 0.5) is 0 Å². The predicted molar refractivity (Wildman–Crippen MR) is 81.3 cm³/mol. The zero-order chi connectivity index (χ0) is 14.7. The number of furan rings is 1. The molecule has 0 N–H and O–H groups in total. The van der Waals surface area contributed by atoms with Crippen molar-refractivity contribution >= 4 is 17.5 Å². The van der Waals surface area contributed by atoms with Crippen LogP contribution in [-0.4, -0.2) is 41.9 Å². The fourth-order valence-electron chi connectivity index (χ4n) is 2.53. The number of hydrogen-bond acceptors (Lipinski definition) is 3. The van der Waals surface area contributed by atoms with E-state index in [1.165, 1.54) is 18.1 Å².